The van der Waals surface area contributed by atoms with Crippen LogP contribution in [-0.4, -0.2) is 0 Å². The summed E-state index contributed by atoms with van der Waals surface area (Å²) < 4.78 is 0. The van der Waals surface area contributed by atoms with Gasteiger partial charge in [0.25, 0.3) is 0 Å². The van der Waals surface area contributed by atoms with Gasteiger partial charge in [-0.25, -0.2) is 0 Å². The molecule has 0 aromatic carbocycles. The summed E-state index contributed by atoms with van der Waals surface area (Å²) in [4.78, 5) is 0. The van der Waals surface area contributed by atoms with Crippen molar-refractivity contribution in [2.45, 2.75) is 78.1 Å². The van der Waals surface area contributed by atoms with E-state index in [1.807, 2.05) is 0 Å². The van der Waals surface area contributed by atoms with Gasteiger partial charge in [-0.05, 0) is 45.4 Å². The Morgan fingerprint density at radius 3 is 1.62 bits per heavy atom. The van der Waals surface area contributed by atoms with Crippen LogP contribution < -0.4 is 0 Å². The maximum Gasteiger partial charge on any atom is -0.0351 e. The van der Waals surface area contributed by atoms with Crippen molar-refractivity contribution in [3.63, 3.8) is 0 Å². The van der Waals surface area contributed by atoms with E-state index in [0.29, 0.717) is 0 Å². The first-order valence-corrected chi connectivity index (χ1v) is 7.18. The average Bonchev–Trinajstić information content (AvgIpc) is 2.31. The van der Waals surface area contributed by atoms with Gasteiger partial charge in [0.05, 0.1) is 0 Å². The predicted molar refractivity (Wildman–Crippen MR) is 75.8 cm³/mol. The molecule has 0 aromatic rings. The quantitative estimate of drug-likeness (QED) is 0.295. The summed E-state index contributed by atoms with van der Waals surface area (Å²) in [7, 11) is 0. The van der Waals surface area contributed by atoms with Gasteiger partial charge in [-0.3, -0.25) is 0 Å². The summed E-state index contributed by atoms with van der Waals surface area (Å²) in [5.74, 6) is 0. The van der Waals surface area contributed by atoms with Gasteiger partial charge in [0.2, 0.25) is 0 Å². The Hall–Kier alpha value is -0.520. The summed E-state index contributed by atoms with van der Waals surface area (Å²) in [6.45, 7) is 4.37. The number of unbranched alkanes of at least 4 members (excludes halogenated alkanes) is 8. The van der Waals surface area contributed by atoms with Gasteiger partial charge in [-0.2, -0.15) is 0 Å². The third-order valence-electron chi connectivity index (χ3n) is 2.87. The van der Waals surface area contributed by atoms with Gasteiger partial charge in [0.1, 0.15) is 0 Å². The van der Waals surface area contributed by atoms with E-state index in [1.165, 1.54) is 64.2 Å². The Bertz CT molecular complexity index is 165. The number of allylic oxidation sites excluding steroid dienone is 4. The minimum atomic E-state index is 1.26. The Labute approximate surface area is 103 Å². The third kappa shape index (κ3) is 13.5. The van der Waals surface area contributed by atoms with Crippen molar-refractivity contribution in [2.24, 2.45) is 0 Å². The lowest BCUT2D eigenvalue weighted by Crippen LogP contribution is -1.76. The van der Waals surface area contributed by atoms with Crippen molar-refractivity contribution >= 4 is 0 Å². The van der Waals surface area contributed by atoms with Crippen molar-refractivity contribution in [1.82, 2.24) is 0 Å². The van der Waals surface area contributed by atoms with Crippen molar-refractivity contribution in [3.8, 4) is 0 Å². The molecule has 0 heteroatoms. The highest BCUT2D eigenvalue weighted by Gasteiger charge is 1.86. The lowest BCUT2D eigenvalue weighted by atomic mass is 10.1. The second-order valence-corrected chi connectivity index (χ2v) is 4.53. The molecule has 0 saturated carbocycles. The first-order chi connectivity index (χ1) is 7.91. The van der Waals surface area contributed by atoms with Gasteiger partial charge in [-0.15, -0.1) is 0 Å². The van der Waals surface area contributed by atoms with E-state index >= 15 is 0 Å². The highest BCUT2D eigenvalue weighted by Crippen LogP contribution is 2.06. The molecule has 0 fully saturated rings. The van der Waals surface area contributed by atoms with Crippen LogP contribution in [0.5, 0.6) is 0 Å². The van der Waals surface area contributed by atoms with Gasteiger partial charge in [0, 0.05) is 0 Å². The maximum absolute atomic E-state index is 2.38. The molecule has 0 unspecified atom stereocenters. The molecule has 0 rings (SSSR count). The van der Waals surface area contributed by atoms with Crippen molar-refractivity contribution in [1.29, 1.82) is 0 Å². The van der Waals surface area contributed by atoms with E-state index < -0.39 is 0 Å². The molecule has 94 valence electrons. The maximum atomic E-state index is 2.38. The zero-order chi connectivity index (χ0) is 11.9. The minimum Gasteiger partial charge on any atom is -0.0917 e. The summed E-state index contributed by atoms with van der Waals surface area (Å²) >= 11 is 0. The molecular weight excluding hydrogens is 192 g/mol. The van der Waals surface area contributed by atoms with E-state index in [4.69, 9.17) is 0 Å². The highest BCUT2D eigenvalue weighted by atomic mass is 13.9. The molecule has 0 aliphatic heterocycles. The van der Waals surface area contributed by atoms with Crippen LogP contribution in [0.25, 0.3) is 0 Å². The van der Waals surface area contributed by atoms with Gasteiger partial charge in [-0.1, -0.05) is 56.9 Å². The molecule has 16 heavy (non-hydrogen) atoms. The fourth-order valence-corrected chi connectivity index (χ4v) is 1.79. The molecule has 0 radical (unpaired) electrons. The summed E-state index contributed by atoms with van der Waals surface area (Å²) in [5.41, 5.74) is 0. The van der Waals surface area contributed by atoms with E-state index in [9.17, 15) is 0 Å². The molecule has 0 N–H and O–H groups in total. The second-order valence-electron chi connectivity index (χ2n) is 4.53. The van der Waals surface area contributed by atoms with E-state index in [2.05, 4.69) is 38.2 Å². The molecule has 0 nitrogen and oxygen atoms in total. The van der Waals surface area contributed by atoms with Gasteiger partial charge in [0.15, 0.2) is 0 Å². The summed E-state index contributed by atoms with van der Waals surface area (Å²) in [5, 5.41) is 0. The normalized spacial score (nSPS) is 11.9. The standard InChI is InChI=1S/C16H30/c1-3-5-7-9-11-13-15-16-14-12-10-8-6-4-2/h3,5,14,16H,4,6-13,15H2,1-2H3. The Balaban J connectivity index is 3.03. The first-order valence-electron chi connectivity index (χ1n) is 7.18. The van der Waals surface area contributed by atoms with Crippen molar-refractivity contribution < 1.29 is 0 Å². The van der Waals surface area contributed by atoms with Crippen LogP contribution in [0.1, 0.15) is 78.1 Å². The van der Waals surface area contributed by atoms with Crippen molar-refractivity contribution in [3.05, 3.63) is 24.3 Å². The average molecular weight is 222 g/mol. The van der Waals surface area contributed by atoms with Gasteiger partial charge < -0.3 is 0 Å². The Morgan fingerprint density at radius 2 is 1.12 bits per heavy atom. The Morgan fingerprint density at radius 1 is 0.625 bits per heavy atom. The molecule has 0 atom stereocenters. The lowest BCUT2D eigenvalue weighted by Gasteiger charge is -1.96. The summed E-state index contributed by atoms with van der Waals surface area (Å²) in [6, 6.07) is 0. The summed E-state index contributed by atoms with van der Waals surface area (Å²) in [6.07, 6.45) is 22.6. The molecule has 0 aliphatic carbocycles. The van der Waals surface area contributed by atoms with Gasteiger partial charge >= 0.3 is 0 Å². The number of hydrogen-bond acceptors (Lipinski definition) is 0. The van der Waals surface area contributed by atoms with E-state index in [0.717, 1.165) is 0 Å². The molecule has 0 heterocycles. The SMILES string of the molecule is CC=CCCCCCC=CCCCCCC. The molecule has 0 amide bonds. The van der Waals surface area contributed by atoms with Crippen LogP contribution in [0.4, 0.5) is 0 Å². The Kier molecular flexibility index (Phi) is 14.0. The first kappa shape index (κ1) is 15.5. The minimum absolute atomic E-state index is 1.26. The van der Waals surface area contributed by atoms with Crippen LogP contribution in [0, 0.1) is 0 Å². The predicted octanol–water partition coefficient (Wildman–Crippen LogP) is 6.04. The van der Waals surface area contributed by atoms with Crippen LogP contribution in [0.3, 0.4) is 0 Å². The fourth-order valence-electron chi connectivity index (χ4n) is 1.79. The smallest absolute Gasteiger partial charge is 0.0351 e. The number of hydrogen-bond donors (Lipinski definition) is 0. The fraction of sp³-hybridized carbons (Fsp3) is 0.750. The van der Waals surface area contributed by atoms with E-state index in [-0.39, 0.29) is 0 Å². The van der Waals surface area contributed by atoms with Crippen molar-refractivity contribution in [2.75, 3.05) is 0 Å². The van der Waals surface area contributed by atoms with Crippen LogP contribution >= 0.6 is 0 Å². The highest BCUT2D eigenvalue weighted by molar-refractivity contribution is 4.81. The third-order valence-corrected chi connectivity index (χ3v) is 2.87. The molecule has 0 saturated heterocycles. The monoisotopic (exact) mass is 222 g/mol. The molecule has 0 spiro atoms. The largest absolute Gasteiger partial charge is 0.0917 e. The van der Waals surface area contributed by atoms with Crippen LogP contribution in [-0.2, 0) is 0 Å². The topological polar surface area (TPSA) is 0 Å². The molecule has 0 bridgehead atoms. The zero-order valence-electron chi connectivity index (χ0n) is 11.4. The molecule has 0 aliphatic rings. The second kappa shape index (κ2) is 14.5. The molecular formula is C16H30. The van der Waals surface area contributed by atoms with E-state index in [1.54, 1.807) is 0 Å². The van der Waals surface area contributed by atoms with Crippen LogP contribution in [0.15, 0.2) is 24.3 Å². The number of rotatable bonds is 11. The zero-order valence-corrected chi connectivity index (χ0v) is 11.4. The van der Waals surface area contributed by atoms with Crippen LogP contribution in [0.2, 0.25) is 0 Å². The molecule has 0 aromatic heterocycles. The lowest BCUT2D eigenvalue weighted by molar-refractivity contribution is 0.670.